The van der Waals surface area contributed by atoms with Gasteiger partial charge in [0.25, 0.3) is 0 Å². The highest BCUT2D eigenvalue weighted by Gasteiger charge is 2.18. The number of aromatic nitrogens is 1. The minimum Gasteiger partial charge on any atom is -0.504 e. The van der Waals surface area contributed by atoms with Crippen molar-refractivity contribution in [3.8, 4) is 23.0 Å². The van der Waals surface area contributed by atoms with Gasteiger partial charge in [0.2, 0.25) is 5.89 Å². The number of phenolic OH excluding ortho intramolecular Hbond substituents is 1. The highest BCUT2D eigenvalue weighted by molar-refractivity contribution is 6.16. The second-order valence-corrected chi connectivity index (χ2v) is 3.58. The molecule has 1 aromatic carbocycles. The van der Waals surface area contributed by atoms with Gasteiger partial charge in [-0.2, -0.15) is 8.78 Å². The monoisotopic (exact) mass is 275 g/mol. The lowest BCUT2D eigenvalue weighted by molar-refractivity contribution is -0.0509. The number of hydrogen-bond donors (Lipinski definition) is 1. The van der Waals surface area contributed by atoms with E-state index in [1.54, 1.807) is 0 Å². The molecule has 0 aliphatic heterocycles. The van der Waals surface area contributed by atoms with Crippen LogP contribution < -0.4 is 4.74 Å². The molecule has 1 aromatic heterocycles. The molecule has 0 saturated carbocycles. The van der Waals surface area contributed by atoms with E-state index in [9.17, 15) is 13.9 Å². The van der Waals surface area contributed by atoms with Gasteiger partial charge in [0, 0.05) is 0 Å². The molecule has 0 saturated heterocycles. The Hall–Kier alpha value is -1.82. The van der Waals surface area contributed by atoms with Crippen molar-refractivity contribution in [1.82, 2.24) is 4.98 Å². The summed E-state index contributed by atoms with van der Waals surface area (Å²) < 4.78 is 33.9. The van der Waals surface area contributed by atoms with Crippen molar-refractivity contribution in [3.63, 3.8) is 0 Å². The maximum atomic E-state index is 12.3. The first-order valence-electron chi connectivity index (χ1n) is 4.89. The van der Waals surface area contributed by atoms with Gasteiger partial charge >= 0.3 is 6.61 Å². The van der Waals surface area contributed by atoms with Crippen molar-refractivity contribution in [1.29, 1.82) is 0 Å². The number of para-hydroxylation sites is 1. The molecule has 2 aromatic rings. The first-order chi connectivity index (χ1) is 8.61. The molecule has 0 unspecified atom stereocenters. The Morgan fingerprint density at radius 1 is 1.44 bits per heavy atom. The van der Waals surface area contributed by atoms with Crippen LogP contribution in [0.1, 0.15) is 5.69 Å². The molecule has 2 rings (SSSR count). The van der Waals surface area contributed by atoms with Crippen LogP contribution in [-0.4, -0.2) is 16.7 Å². The van der Waals surface area contributed by atoms with Crippen molar-refractivity contribution in [2.45, 2.75) is 12.5 Å². The molecule has 1 heterocycles. The normalized spacial score (nSPS) is 10.9. The van der Waals surface area contributed by atoms with Crippen molar-refractivity contribution in [2.24, 2.45) is 0 Å². The smallest absolute Gasteiger partial charge is 0.387 e. The summed E-state index contributed by atoms with van der Waals surface area (Å²) in [6, 6.07) is 4.14. The Labute approximate surface area is 106 Å². The number of nitrogens with zero attached hydrogens (tertiary/aromatic N) is 1. The molecular formula is C11H8ClF2NO3. The van der Waals surface area contributed by atoms with E-state index in [0.717, 1.165) is 0 Å². The van der Waals surface area contributed by atoms with Crippen molar-refractivity contribution >= 4 is 11.6 Å². The van der Waals surface area contributed by atoms with Gasteiger partial charge in [-0.3, -0.25) is 0 Å². The number of benzene rings is 1. The molecule has 0 fully saturated rings. The molecular weight excluding hydrogens is 268 g/mol. The van der Waals surface area contributed by atoms with Crippen LogP contribution in [0.2, 0.25) is 0 Å². The number of oxazole rings is 1. The van der Waals surface area contributed by atoms with Crippen molar-refractivity contribution in [2.75, 3.05) is 0 Å². The quantitative estimate of drug-likeness (QED) is 0.869. The SMILES string of the molecule is Oc1cccc(-c2nc(CCl)co2)c1OC(F)F. The molecule has 0 spiro atoms. The highest BCUT2D eigenvalue weighted by Crippen LogP contribution is 2.37. The number of rotatable bonds is 4. The van der Waals surface area contributed by atoms with Gasteiger partial charge in [0.15, 0.2) is 11.5 Å². The van der Waals surface area contributed by atoms with Crippen LogP contribution in [0.5, 0.6) is 11.5 Å². The summed E-state index contributed by atoms with van der Waals surface area (Å²) in [7, 11) is 0. The van der Waals surface area contributed by atoms with E-state index in [1.165, 1.54) is 24.5 Å². The van der Waals surface area contributed by atoms with Crippen LogP contribution in [-0.2, 0) is 5.88 Å². The molecule has 4 nitrogen and oxygen atoms in total. The Morgan fingerprint density at radius 2 is 2.22 bits per heavy atom. The summed E-state index contributed by atoms with van der Waals surface area (Å²) in [6.45, 7) is -3.06. The number of phenols is 1. The Balaban J connectivity index is 2.46. The van der Waals surface area contributed by atoms with Crippen molar-refractivity contribution in [3.05, 3.63) is 30.2 Å². The maximum absolute atomic E-state index is 12.3. The van der Waals surface area contributed by atoms with Crippen LogP contribution in [0.15, 0.2) is 28.9 Å². The summed E-state index contributed by atoms with van der Waals surface area (Å²) in [5.74, 6) is -0.612. The van der Waals surface area contributed by atoms with E-state index < -0.39 is 12.4 Å². The Bertz CT molecular complexity index is 545. The third-order valence-electron chi connectivity index (χ3n) is 2.12. The van der Waals surface area contributed by atoms with E-state index >= 15 is 0 Å². The lowest BCUT2D eigenvalue weighted by Gasteiger charge is -2.09. The lowest BCUT2D eigenvalue weighted by atomic mass is 10.2. The zero-order valence-corrected chi connectivity index (χ0v) is 9.69. The standard InChI is InChI=1S/C11H8ClF2NO3/c12-4-6-5-17-10(15-6)7-2-1-3-8(16)9(7)18-11(13)14/h1-3,5,11,16H,4H2. The number of ether oxygens (including phenoxy) is 1. The average molecular weight is 276 g/mol. The molecule has 0 aliphatic carbocycles. The average Bonchev–Trinajstić information content (AvgIpc) is 2.80. The molecule has 0 atom stereocenters. The first kappa shape index (κ1) is 12.6. The van der Waals surface area contributed by atoms with Crippen molar-refractivity contribution < 1.29 is 23.0 Å². The number of hydrogen-bond acceptors (Lipinski definition) is 4. The lowest BCUT2D eigenvalue weighted by Crippen LogP contribution is -2.03. The third kappa shape index (κ3) is 2.53. The zero-order chi connectivity index (χ0) is 13.1. The van der Waals surface area contributed by atoms with Crippen LogP contribution in [0, 0.1) is 0 Å². The van der Waals surface area contributed by atoms with Crippen LogP contribution in [0.25, 0.3) is 11.5 Å². The summed E-state index contributed by atoms with van der Waals surface area (Å²) in [4.78, 5) is 3.97. The fraction of sp³-hybridized carbons (Fsp3) is 0.182. The summed E-state index contributed by atoms with van der Waals surface area (Å²) in [5, 5.41) is 9.51. The van der Waals surface area contributed by atoms with Gasteiger partial charge in [-0.1, -0.05) is 6.07 Å². The van der Waals surface area contributed by atoms with Gasteiger partial charge in [-0.25, -0.2) is 4.98 Å². The summed E-state index contributed by atoms with van der Waals surface area (Å²) in [6.07, 6.45) is 1.30. The highest BCUT2D eigenvalue weighted by atomic mass is 35.5. The zero-order valence-electron chi connectivity index (χ0n) is 8.94. The van der Waals surface area contributed by atoms with Gasteiger partial charge in [-0.15, -0.1) is 11.6 Å². The Kier molecular flexibility index (Phi) is 3.66. The minimum atomic E-state index is -3.06. The van der Waals surface area contributed by atoms with Gasteiger partial charge in [-0.05, 0) is 12.1 Å². The first-order valence-corrected chi connectivity index (χ1v) is 5.42. The maximum Gasteiger partial charge on any atom is 0.387 e. The van der Waals surface area contributed by atoms with Crippen LogP contribution >= 0.6 is 11.6 Å². The number of aromatic hydroxyl groups is 1. The molecule has 0 amide bonds. The molecule has 18 heavy (non-hydrogen) atoms. The van der Waals surface area contributed by atoms with E-state index in [0.29, 0.717) is 5.69 Å². The molecule has 7 heteroatoms. The fourth-order valence-corrected chi connectivity index (χ4v) is 1.52. The third-order valence-corrected chi connectivity index (χ3v) is 2.39. The predicted octanol–water partition coefficient (Wildman–Crippen LogP) is 3.39. The Morgan fingerprint density at radius 3 is 2.83 bits per heavy atom. The molecule has 0 radical (unpaired) electrons. The summed E-state index contributed by atoms with van der Waals surface area (Å²) >= 11 is 5.56. The number of alkyl halides is 3. The van der Waals surface area contributed by atoms with E-state index in [2.05, 4.69) is 9.72 Å². The molecule has 96 valence electrons. The van der Waals surface area contributed by atoms with Gasteiger partial charge in [0.05, 0.1) is 17.1 Å². The van der Waals surface area contributed by atoms with Crippen LogP contribution in [0.4, 0.5) is 8.78 Å². The second kappa shape index (κ2) is 5.22. The second-order valence-electron chi connectivity index (χ2n) is 3.31. The number of halogens is 3. The van der Waals surface area contributed by atoms with Gasteiger partial charge in [0.1, 0.15) is 6.26 Å². The van der Waals surface area contributed by atoms with Crippen LogP contribution in [0.3, 0.4) is 0 Å². The summed E-state index contributed by atoms with van der Waals surface area (Å²) in [5.41, 5.74) is 0.588. The predicted molar refractivity (Wildman–Crippen MR) is 59.8 cm³/mol. The van der Waals surface area contributed by atoms with E-state index in [4.69, 9.17) is 16.0 Å². The van der Waals surface area contributed by atoms with E-state index in [-0.39, 0.29) is 23.1 Å². The molecule has 0 bridgehead atoms. The fourth-order valence-electron chi connectivity index (χ4n) is 1.40. The van der Waals surface area contributed by atoms with Gasteiger partial charge < -0.3 is 14.3 Å². The minimum absolute atomic E-state index is 0.0530. The molecule has 0 aliphatic rings. The topological polar surface area (TPSA) is 55.5 Å². The largest absolute Gasteiger partial charge is 0.504 e. The molecule has 1 N–H and O–H groups in total. The van der Waals surface area contributed by atoms with E-state index in [1.807, 2.05) is 0 Å².